The molecule has 0 atom stereocenters. The number of halogens is 1. The number of rotatable bonds is 5. The Kier molecular flexibility index (Phi) is 5.63. The fourth-order valence-electron chi connectivity index (χ4n) is 4.25. The predicted octanol–water partition coefficient (Wildman–Crippen LogP) is 4.94. The van der Waals surface area contributed by atoms with Crippen LogP contribution in [0.3, 0.4) is 0 Å². The second-order valence-electron chi connectivity index (χ2n) is 7.77. The van der Waals surface area contributed by atoms with Crippen LogP contribution in [0.4, 0.5) is 11.5 Å². The molecule has 5 rings (SSSR count). The minimum Gasteiger partial charge on any atom is -0.481 e. The summed E-state index contributed by atoms with van der Waals surface area (Å²) in [6.45, 7) is 7.77. The summed E-state index contributed by atoms with van der Waals surface area (Å²) in [6, 6.07) is 12.7. The molecule has 3 heterocycles. The van der Waals surface area contributed by atoms with Crippen molar-refractivity contribution in [2.75, 3.05) is 44.2 Å². The summed E-state index contributed by atoms with van der Waals surface area (Å²) in [5.74, 6) is 1.94. The summed E-state index contributed by atoms with van der Waals surface area (Å²) < 4.78 is 11.6. The van der Waals surface area contributed by atoms with Crippen molar-refractivity contribution in [2.45, 2.75) is 19.8 Å². The van der Waals surface area contributed by atoms with Gasteiger partial charge in [-0.05, 0) is 54.2 Å². The number of hydrogen-bond acceptors (Lipinski definition) is 6. The molecule has 2 aliphatic heterocycles. The molecule has 0 amide bonds. The highest BCUT2D eigenvalue weighted by Crippen LogP contribution is 2.33. The molecule has 3 aromatic rings. The van der Waals surface area contributed by atoms with Crippen LogP contribution in [0.25, 0.3) is 10.1 Å². The molecule has 1 saturated heterocycles. The highest BCUT2D eigenvalue weighted by Gasteiger charge is 2.22. The molecule has 0 aliphatic carbocycles. The summed E-state index contributed by atoms with van der Waals surface area (Å²) in [4.78, 5) is 9.48. The summed E-state index contributed by atoms with van der Waals surface area (Å²) in [5.41, 5.74) is 3.38. The monoisotopic (exact) mass is 440 g/mol. The Hall–Kier alpha value is -2.15. The van der Waals surface area contributed by atoms with Gasteiger partial charge in [-0.1, -0.05) is 29.8 Å². The fraction of sp³-hybridized carbons (Fsp3) is 0.391. The van der Waals surface area contributed by atoms with E-state index in [0.29, 0.717) is 6.61 Å². The average molecular weight is 441 g/mol. The number of aromatic nitrogens is 1. The van der Waals surface area contributed by atoms with E-state index in [0.717, 1.165) is 68.0 Å². The van der Waals surface area contributed by atoms with E-state index < -0.39 is 0 Å². The average Bonchev–Trinajstić information content (AvgIpc) is 3.36. The van der Waals surface area contributed by atoms with Gasteiger partial charge >= 0.3 is 0 Å². The third kappa shape index (κ3) is 3.92. The molecule has 0 spiro atoms. The summed E-state index contributed by atoms with van der Waals surface area (Å²) in [5, 5.41) is 2.08. The summed E-state index contributed by atoms with van der Waals surface area (Å²) in [7, 11) is 0. The summed E-state index contributed by atoms with van der Waals surface area (Å²) in [6.07, 6.45) is 1.73. The smallest absolute Gasteiger partial charge is 0.193 e. The van der Waals surface area contributed by atoms with E-state index in [1.165, 1.54) is 21.2 Å². The Morgan fingerprint density at radius 3 is 2.80 bits per heavy atom. The number of nitrogens with zero attached hydrogens (tertiary/aromatic N) is 4. The van der Waals surface area contributed by atoms with Gasteiger partial charge in [0.2, 0.25) is 0 Å². The van der Waals surface area contributed by atoms with Crippen molar-refractivity contribution < 1.29 is 4.74 Å². The van der Waals surface area contributed by atoms with Crippen molar-refractivity contribution in [3.05, 3.63) is 52.5 Å². The van der Waals surface area contributed by atoms with Gasteiger partial charge in [-0.15, -0.1) is 0 Å². The molecule has 156 valence electrons. The lowest BCUT2D eigenvalue weighted by atomic mass is 10.0. The first-order valence-electron chi connectivity index (χ1n) is 10.5. The molecule has 1 fully saturated rings. The fourth-order valence-corrected chi connectivity index (χ4v) is 5.29. The minimum atomic E-state index is 0.649. The molecule has 1 aromatic heterocycles. The molecule has 5 nitrogen and oxygen atoms in total. The van der Waals surface area contributed by atoms with Gasteiger partial charge in [0.15, 0.2) is 5.90 Å². The number of piperazine rings is 1. The normalized spacial score (nSPS) is 16.7. The lowest BCUT2D eigenvalue weighted by Gasteiger charge is -2.35. The number of hydrogen-bond donors (Lipinski definition) is 0. The molecular weight excluding hydrogens is 416 g/mol. The Balaban J connectivity index is 1.18. The van der Waals surface area contributed by atoms with Crippen LogP contribution >= 0.6 is 23.1 Å². The third-order valence-electron chi connectivity index (χ3n) is 5.87. The van der Waals surface area contributed by atoms with Crippen LogP contribution in [-0.4, -0.2) is 54.5 Å². The van der Waals surface area contributed by atoms with Crippen LogP contribution in [0.1, 0.15) is 18.1 Å². The molecule has 7 heteroatoms. The maximum Gasteiger partial charge on any atom is 0.193 e. The molecule has 2 aromatic carbocycles. The molecule has 0 bridgehead atoms. The van der Waals surface area contributed by atoms with E-state index in [4.69, 9.17) is 20.7 Å². The van der Waals surface area contributed by atoms with Gasteiger partial charge in [-0.25, -0.2) is 4.99 Å². The van der Waals surface area contributed by atoms with Crippen LogP contribution in [0.2, 0.25) is 5.02 Å². The standard InChI is InChI=1S/C23H25ClN4OS/c1-2-29-22-14-17-13-16(19(24)15-20(17)25-22)7-8-27-9-11-28(12-10-27)23-18-5-3-4-6-21(18)30-26-23/h3-6,13,15H,2,7-12,14H2,1H3. The third-order valence-corrected chi connectivity index (χ3v) is 7.04. The number of fused-ring (bicyclic) bond motifs is 2. The van der Waals surface area contributed by atoms with Gasteiger partial charge in [-0.3, -0.25) is 4.90 Å². The van der Waals surface area contributed by atoms with Gasteiger partial charge in [0.25, 0.3) is 0 Å². The SMILES string of the molecule is CCOC1=Nc2cc(Cl)c(CCN3CCN(c4nsc5ccccc45)CC3)cc2C1. The molecule has 0 saturated carbocycles. The zero-order valence-electron chi connectivity index (χ0n) is 17.1. The van der Waals surface area contributed by atoms with Gasteiger partial charge in [-0.2, -0.15) is 4.37 Å². The highest BCUT2D eigenvalue weighted by molar-refractivity contribution is 7.13. The quantitative estimate of drug-likeness (QED) is 0.563. The van der Waals surface area contributed by atoms with E-state index in [1.54, 1.807) is 11.5 Å². The number of aliphatic imine (C=N–C) groups is 1. The first kappa shape index (κ1) is 19.8. The number of ether oxygens (including phenoxy) is 1. The van der Waals surface area contributed by atoms with Gasteiger partial charge < -0.3 is 9.64 Å². The summed E-state index contributed by atoms with van der Waals surface area (Å²) >= 11 is 8.14. The molecule has 0 radical (unpaired) electrons. The number of anilines is 1. The lowest BCUT2D eigenvalue weighted by molar-refractivity contribution is 0.261. The van der Waals surface area contributed by atoms with Crippen LogP contribution < -0.4 is 4.90 Å². The Bertz CT molecular complexity index is 1090. The Morgan fingerprint density at radius 1 is 1.13 bits per heavy atom. The van der Waals surface area contributed by atoms with Crippen molar-refractivity contribution in [2.24, 2.45) is 4.99 Å². The zero-order chi connectivity index (χ0) is 20.5. The first-order chi connectivity index (χ1) is 14.7. The Morgan fingerprint density at radius 2 is 1.97 bits per heavy atom. The van der Waals surface area contributed by atoms with Crippen molar-refractivity contribution in [1.29, 1.82) is 0 Å². The van der Waals surface area contributed by atoms with Crippen molar-refractivity contribution in [3.8, 4) is 0 Å². The molecule has 30 heavy (non-hydrogen) atoms. The second kappa shape index (κ2) is 8.53. The zero-order valence-corrected chi connectivity index (χ0v) is 18.7. The molecule has 0 unspecified atom stereocenters. The predicted molar refractivity (Wildman–Crippen MR) is 126 cm³/mol. The molecular formula is C23H25ClN4OS. The van der Waals surface area contributed by atoms with Gasteiger partial charge in [0, 0.05) is 43.1 Å². The van der Waals surface area contributed by atoms with Gasteiger partial charge in [0.1, 0.15) is 5.82 Å². The largest absolute Gasteiger partial charge is 0.481 e. The van der Waals surface area contributed by atoms with E-state index in [2.05, 4.69) is 45.1 Å². The topological polar surface area (TPSA) is 41.0 Å². The second-order valence-corrected chi connectivity index (χ2v) is 8.98. The van der Waals surface area contributed by atoms with E-state index in [1.807, 2.05) is 13.0 Å². The minimum absolute atomic E-state index is 0.649. The van der Waals surface area contributed by atoms with Crippen molar-refractivity contribution in [3.63, 3.8) is 0 Å². The van der Waals surface area contributed by atoms with E-state index in [9.17, 15) is 0 Å². The lowest BCUT2D eigenvalue weighted by Crippen LogP contribution is -2.47. The molecule has 0 N–H and O–H groups in total. The van der Waals surface area contributed by atoms with Crippen LogP contribution in [0.5, 0.6) is 0 Å². The first-order valence-corrected chi connectivity index (χ1v) is 11.7. The maximum atomic E-state index is 6.55. The van der Waals surface area contributed by atoms with Crippen LogP contribution in [0.15, 0.2) is 41.4 Å². The van der Waals surface area contributed by atoms with E-state index in [-0.39, 0.29) is 0 Å². The van der Waals surface area contributed by atoms with Gasteiger partial charge in [0.05, 0.1) is 23.4 Å². The van der Waals surface area contributed by atoms with Crippen LogP contribution in [0, 0.1) is 0 Å². The number of benzene rings is 2. The van der Waals surface area contributed by atoms with E-state index >= 15 is 0 Å². The molecule has 2 aliphatic rings. The highest BCUT2D eigenvalue weighted by atomic mass is 35.5. The Labute approximate surface area is 186 Å². The van der Waals surface area contributed by atoms with Crippen molar-refractivity contribution in [1.82, 2.24) is 9.27 Å². The van der Waals surface area contributed by atoms with Crippen LogP contribution in [-0.2, 0) is 17.6 Å². The van der Waals surface area contributed by atoms with Crippen molar-refractivity contribution >= 4 is 50.6 Å². The maximum absolute atomic E-state index is 6.55.